The van der Waals surface area contributed by atoms with Crippen LogP contribution in [-0.2, 0) is 4.74 Å². The molecule has 0 radical (unpaired) electrons. The van der Waals surface area contributed by atoms with E-state index in [9.17, 15) is 4.79 Å². The molecule has 0 spiro atoms. The van der Waals surface area contributed by atoms with Crippen molar-refractivity contribution in [3.05, 3.63) is 0 Å². The summed E-state index contributed by atoms with van der Waals surface area (Å²) in [5, 5.41) is 11.9. The maximum atomic E-state index is 12.6. The van der Waals surface area contributed by atoms with Crippen LogP contribution in [0.25, 0.3) is 0 Å². The Morgan fingerprint density at radius 3 is 2.90 bits per heavy atom. The average molecular weight is 289 g/mol. The van der Waals surface area contributed by atoms with Crippen LogP contribution in [0.1, 0.15) is 32.1 Å². The molecule has 5 nitrogen and oxygen atoms in total. The summed E-state index contributed by atoms with van der Waals surface area (Å²) >= 11 is 0. The van der Waals surface area contributed by atoms with Gasteiger partial charge in [-0.05, 0) is 43.4 Å². The minimum Gasteiger partial charge on any atom is -0.379 e. The fourth-order valence-electron chi connectivity index (χ4n) is 5.08. The Bertz CT molecular complexity index is 494. The van der Waals surface area contributed by atoms with Gasteiger partial charge in [0.2, 0.25) is 0 Å². The van der Waals surface area contributed by atoms with Gasteiger partial charge in [0, 0.05) is 32.0 Å². The van der Waals surface area contributed by atoms with Crippen molar-refractivity contribution < 1.29 is 9.53 Å². The van der Waals surface area contributed by atoms with Gasteiger partial charge in [-0.1, -0.05) is 0 Å². The van der Waals surface area contributed by atoms with E-state index in [0.29, 0.717) is 30.7 Å². The molecule has 5 heteroatoms. The van der Waals surface area contributed by atoms with Crippen LogP contribution >= 0.6 is 0 Å². The van der Waals surface area contributed by atoms with Crippen molar-refractivity contribution in [3.8, 4) is 6.07 Å². The normalized spacial score (nSPS) is 41.1. The highest BCUT2D eigenvalue weighted by Gasteiger charge is 2.60. The number of rotatable bonds is 4. The molecule has 1 saturated heterocycles. The van der Waals surface area contributed by atoms with Gasteiger partial charge < -0.3 is 15.0 Å². The highest BCUT2D eigenvalue weighted by molar-refractivity contribution is 5.75. The lowest BCUT2D eigenvalue weighted by molar-refractivity contribution is 0.0189. The van der Waals surface area contributed by atoms with Crippen LogP contribution in [0.15, 0.2) is 0 Å². The molecule has 1 aliphatic heterocycles. The van der Waals surface area contributed by atoms with Crippen LogP contribution in [0.2, 0.25) is 0 Å². The van der Waals surface area contributed by atoms with Gasteiger partial charge in [0.15, 0.2) is 0 Å². The van der Waals surface area contributed by atoms with Crippen LogP contribution in [-0.4, -0.2) is 43.3 Å². The zero-order chi connectivity index (χ0) is 14.6. The van der Waals surface area contributed by atoms with Crippen molar-refractivity contribution in [2.45, 2.75) is 44.2 Å². The smallest absolute Gasteiger partial charge is 0.317 e. The number of fused-ring (bicyclic) bond motifs is 1. The molecule has 2 amide bonds. The highest BCUT2D eigenvalue weighted by Crippen LogP contribution is 2.55. The van der Waals surface area contributed by atoms with Crippen molar-refractivity contribution in [1.29, 1.82) is 5.26 Å². The van der Waals surface area contributed by atoms with E-state index in [0.717, 1.165) is 19.4 Å². The largest absolute Gasteiger partial charge is 0.379 e. The maximum absolute atomic E-state index is 12.6. The van der Waals surface area contributed by atoms with E-state index in [1.165, 1.54) is 12.8 Å². The van der Waals surface area contributed by atoms with Crippen LogP contribution < -0.4 is 5.32 Å². The Morgan fingerprint density at radius 1 is 1.43 bits per heavy atom. The van der Waals surface area contributed by atoms with Crippen molar-refractivity contribution in [2.75, 3.05) is 20.2 Å². The summed E-state index contributed by atoms with van der Waals surface area (Å²) < 4.78 is 5.69. The Kier molecular flexibility index (Phi) is 2.94. The summed E-state index contributed by atoms with van der Waals surface area (Å²) in [5.41, 5.74) is 0.0714. The predicted octanol–water partition coefficient (Wildman–Crippen LogP) is 1.75. The average Bonchev–Trinajstić information content (AvgIpc) is 2.86. The van der Waals surface area contributed by atoms with Gasteiger partial charge in [-0.2, -0.15) is 5.26 Å². The molecule has 114 valence electrons. The quantitative estimate of drug-likeness (QED) is 0.857. The number of nitrogens with one attached hydrogen (secondary N) is 1. The van der Waals surface area contributed by atoms with Gasteiger partial charge >= 0.3 is 6.03 Å². The second-order valence-electron chi connectivity index (χ2n) is 7.49. The highest BCUT2D eigenvalue weighted by atomic mass is 16.5. The third-order valence-electron chi connectivity index (χ3n) is 6.38. The number of ether oxygens (including phenoxy) is 1. The molecule has 0 aromatic carbocycles. The van der Waals surface area contributed by atoms with E-state index < -0.39 is 0 Å². The summed E-state index contributed by atoms with van der Waals surface area (Å²) in [7, 11) is 1.78. The van der Waals surface area contributed by atoms with Gasteiger partial charge in [0.1, 0.15) is 0 Å². The molecule has 3 saturated carbocycles. The molecule has 4 rings (SSSR count). The monoisotopic (exact) mass is 289 g/mol. The maximum Gasteiger partial charge on any atom is 0.317 e. The van der Waals surface area contributed by atoms with Crippen LogP contribution in [0.3, 0.4) is 0 Å². The van der Waals surface area contributed by atoms with Crippen molar-refractivity contribution >= 4 is 6.03 Å². The molecule has 5 unspecified atom stereocenters. The number of amides is 2. The first-order chi connectivity index (χ1) is 10.2. The second kappa shape index (κ2) is 4.61. The summed E-state index contributed by atoms with van der Waals surface area (Å²) in [6.07, 6.45) is 5.38. The van der Waals surface area contributed by atoms with E-state index in [-0.39, 0.29) is 23.6 Å². The molecule has 0 aromatic rings. The number of nitriles is 1. The first-order valence-corrected chi connectivity index (χ1v) is 8.12. The molecule has 4 fully saturated rings. The molecule has 1 heterocycles. The van der Waals surface area contributed by atoms with Crippen molar-refractivity contribution in [3.63, 3.8) is 0 Å². The SMILES string of the molecule is COC1C2CC3CN(C(=O)NCC4(CC#N)CC4)C1C3C2. The third-order valence-corrected chi connectivity index (χ3v) is 6.38. The van der Waals surface area contributed by atoms with Gasteiger partial charge in [0.25, 0.3) is 0 Å². The van der Waals surface area contributed by atoms with Gasteiger partial charge in [-0.25, -0.2) is 4.79 Å². The summed E-state index contributed by atoms with van der Waals surface area (Å²) in [4.78, 5) is 14.6. The minimum atomic E-state index is 0.0568. The number of urea groups is 1. The Labute approximate surface area is 125 Å². The standard InChI is InChI=1S/C16H23N3O2/c1-21-14-10-6-11-8-19(13(14)12(11)7-10)15(20)18-9-16(2-3-16)4-5-17/h10-14H,2-4,6-9H2,1H3,(H,18,20). The summed E-state index contributed by atoms with van der Waals surface area (Å²) in [6.45, 7) is 1.54. The van der Waals surface area contributed by atoms with Crippen LogP contribution in [0, 0.1) is 34.5 Å². The number of methoxy groups -OCH3 is 1. The third kappa shape index (κ3) is 1.96. The number of likely N-dealkylation sites (tertiary alicyclic amines) is 1. The fourth-order valence-corrected chi connectivity index (χ4v) is 5.08. The zero-order valence-electron chi connectivity index (χ0n) is 12.5. The molecule has 5 atom stereocenters. The van der Waals surface area contributed by atoms with E-state index in [4.69, 9.17) is 10.00 Å². The Morgan fingerprint density at radius 2 is 2.24 bits per heavy atom. The first kappa shape index (κ1) is 13.4. The minimum absolute atomic E-state index is 0.0568. The van der Waals surface area contributed by atoms with Crippen LogP contribution in [0.4, 0.5) is 4.79 Å². The van der Waals surface area contributed by atoms with Gasteiger partial charge in [-0.3, -0.25) is 0 Å². The molecule has 2 bridgehead atoms. The summed E-state index contributed by atoms with van der Waals surface area (Å²) in [5.74, 6) is 1.99. The van der Waals surface area contributed by atoms with E-state index in [1.54, 1.807) is 7.11 Å². The van der Waals surface area contributed by atoms with Crippen molar-refractivity contribution in [2.24, 2.45) is 23.2 Å². The topological polar surface area (TPSA) is 65.4 Å². The lowest BCUT2D eigenvalue weighted by Gasteiger charge is -2.31. The zero-order valence-corrected chi connectivity index (χ0v) is 12.5. The number of hydrogen-bond donors (Lipinski definition) is 1. The van der Waals surface area contributed by atoms with E-state index in [1.807, 2.05) is 4.90 Å². The molecule has 3 aliphatic carbocycles. The van der Waals surface area contributed by atoms with Gasteiger partial charge in [0.05, 0.1) is 18.2 Å². The predicted molar refractivity (Wildman–Crippen MR) is 76.3 cm³/mol. The number of hydrogen-bond acceptors (Lipinski definition) is 3. The number of carbonyl (C=O) groups excluding carboxylic acids is 1. The fraction of sp³-hybridized carbons (Fsp3) is 0.875. The lowest BCUT2D eigenvalue weighted by Crippen LogP contribution is -2.49. The first-order valence-electron chi connectivity index (χ1n) is 8.12. The number of nitrogens with zero attached hydrogens (tertiary/aromatic N) is 2. The number of carbonyl (C=O) groups is 1. The van der Waals surface area contributed by atoms with E-state index in [2.05, 4.69) is 11.4 Å². The van der Waals surface area contributed by atoms with Crippen LogP contribution in [0.5, 0.6) is 0 Å². The molecule has 1 N–H and O–H groups in total. The second-order valence-corrected chi connectivity index (χ2v) is 7.49. The molecule has 0 aromatic heterocycles. The summed E-state index contributed by atoms with van der Waals surface area (Å²) in [6, 6.07) is 2.58. The van der Waals surface area contributed by atoms with Crippen molar-refractivity contribution in [1.82, 2.24) is 10.2 Å². The molecular weight excluding hydrogens is 266 g/mol. The Balaban J connectivity index is 1.40. The molecular formula is C16H23N3O2. The molecule has 21 heavy (non-hydrogen) atoms. The molecule has 4 aliphatic rings. The lowest BCUT2D eigenvalue weighted by atomic mass is 9.88. The van der Waals surface area contributed by atoms with E-state index >= 15 is 0 Å². The Hall–Kier alpha value is -1.28. The van der Waals surface area contributed by atoms with Gasteiger partial charge in [-0.15, -0.1) is 0 Å².